The maximum absolute atomic E-state index is 5.78. The lowest BCUT2D eigenvalue weighted by Crippen LogP contribution is -2.00. The van der Waals surface area contributed by atoms with Gasteiger partial charge < -0.3 is 10.7 Å². The van der Waals surface area contributed by atoms with E-state index in [0.717, 1.165) is 16.8 Å². The molecule has 5 heteroatoms. The van der Waals surface area contributed by atoms with Crippen molar-refractivity contribution >= 4 is 17.1 Å². The molecule has 1 aromatic carbocycles. The van der Waals surface area contributed by atoms with Gasteiger partial charge in [0.2, 0.25) is 5.95 Å². The summed E-state index contributed by atoms with van der Waals surface area (Å²) in [4.78, 5) is 15.8. The number of aromatic amines is 1. The fourth-order valence-electron chi connectivity index (χ4n) is 2.58. The zero-order valence-electron chi connectivity index (χ0n) is 11.2. The van der Waals surface area contributed by atoms with Gasteiger partial charge in [0.25, 0.3) is 0 Å². The third-order valence-electron chi connectivity index (χ3n) is 3.22. The topological polar surface area (TPSA) is 80.5 Å². The highest BCUT2D eigenvalue weighted by atomic mass is 15.1. The number of rotatable bonds is 1. The first-order valence-corrected chi connectivity index (χ1v) is 6.11. The summed E-state index contributed by atoms with van der Waals surface area (Å²) in [6.07, 6.45) is 1.61. The zero-order chi connectivity index (χ0) is 13.6. The molecule has 3 N–H and O–H groups in total. The lowest BCUT2D eigenvalue weighted by Gasteiger charge is -2.11. The van der Waals surface area contributed by atoms with E-state index in [1.807, 2.05) is 0 Å². The fraction of sp³-hybridized carbons (Fsp3) is 0.214. The molecule has 19 heavy (non-hydrogen) atoms. The first-order valence-electron chi connectivity index (χ1n) is 6.11. The number of nitrogens with zero attached hydrogens (tertiary/aromatic N) is 3. The van der Waals surface area contributed by atoms with Crippen molar-refractivity contribution in [3.05, 3.63) is 35.2 Å². The maximum atomic E-state index is 5.78. The van der Waals surface area contributed by atoms with E-state index < -0.39 is 0 Å². The van der Waals surface area contributed by atoms with Crippen LogP contribution in [0, 0.1) is 20.8 Å². The van der Waals surface area contributed by atoms with Crippen LogP contribution in [0.5, 0.6) is 0 Å². The second kappa shape index (κ2) is 4.05. The van der Waals surface area contributed by atoms with Gasteiger partial charge in [-0.15, -0.1) is 0 Å². The summed E-state index contributed by atoms with van der Waals surface area (Å²) < 4.78 is 0. The van der Waals surface area contributed by atoms with E-state index in [-0.39, 0.29) is 5.95 Å². The van der Waals surface area contributed by atoms with Crippen LogP contribution in [0.15, 0.2) is 18.5 Å². The van der Waals surface area contributed by atoms with Gasteiger partial charge in [0.1, 0.15) is 11.2 Å². The predicted molar refractivity (Wildman–Crippen MR) is 75.7 cm³/mol. The Morgan fingerprint density at radius 2 is 1.74 bits per heavy atom. The van der Waals surface area contributed by atoms with E-state index >= 15 is 0 Å². The quantitative estimate of drug-likeness (QED) is 0.698. The van der Waals surface area contributed by atoms with Gasteiger partial charge in [-0.3, -0.25) is 0 Å². The van der Waals surface area contributed by atoms with Gasteiger partial charge >= 0.3 is 0 Å². The number of hydrogen-bond acceptors (Lipinski definition) is 4. The summed E-state index contributed by atoms with van der Waals surface area (Å²) in [6, 6.07) is 4.28. The van der Waals surface area contributed by atoms with E-state index in [0.29, 0.717) is 5.65 Å². The largest absolute Gasteiger partial charge is 0.368 e. The van der Waals surface area contributed by atoms with Crippen LogP contribution in [0.4, 0.5) is 5.95 Å². The van der Waals surface area contributed by atoms with Crippen molar-refractivity contribution in [1.29, 1.82) is 0 Å². The van der Waals surface area contributed by atoms with Gasteiger partial charge in [-0.25, -0.2) is 9.97 Å². The Morgan fingerprint density at radius 1 is 1.05 bits per heavy atom. The summed E-state index contributed by atoms with van der Waals surface area (Å²) in [5, 5.41) is 0. The van der Waals surface area contributed by atoms with Crippen molar-refractivity contribution in [1.82, 2.24) is 19.9 Å². The number of benzene rings is 1. The SMILES string of the molecule is Cc1cc(C)c(-c2nc(N)nc3nc[nH]c23)c(C)c1. The van der Waals surface area contributed by atoms with Crippen molar-refractivity contribution < 1.29 is 0 Å². The molecule has 0 aliphatic heterocycles. The van der Waals surface area contributed by atoms with Crippen LogP contribution < -0.4 is 5.73 Å². The number of imidazole rings is 1. The van der Waals surface area contributed by atoms with Crippen molar-refractivity contribution in [3.8, 4) is 11.3 Å². The van der Waals surface area contributed by atoms with Gasteiger partial charge in [0.05, 0.1) is 6.33 Å². The Kier molecular flexibility index (Phi) is 2.48. The molecule has 0 atom stereocenters. The minimum atomic E-state index is 0.244. The summed E-state index contributed by atoms with van der Waals surface area (Å²) in [6.45, 7) is 6.25. The van der Waals surface area contributed by atoms with Crippen molar-refractivity contribution in [2.75, 3.05) is 5.73 Å². The molecule has 96 valence electrons. The molecule has 0 bridgehead atoms. The fourth-order valence-corrected chi connectivity index (χ4v) is 2.58. The Bertz CT molecular complexity index is 750. The second-order valence-electron chi connectivity index (χ2n) is 4.81. The standard InChI is InChI=1S/C14H15N5/c1-7-4-8(2)10(9(3)5-7)11-12-13(17-6-16-12)19-14(15)18-11/h4-6H,1-3H3,(H3,15,16,17,18,19). The molecule has 0 saturated heterocycles. The van der Waals surface area contributed by atoms with E-state index in [2.05, 4.69) is 52.8 Å². The Labute approximate surface area is 110 Å². The third kappa shape index (κ3) is 1.83. The van der Waals surface area contributed by atoms with Crippen LogP contribution in [0.3, 0.4) is 0 Å². The van der Waals surface area contributed by atoms with Crippen LogP contribution in [0.1, 0.15) is 16.7 Å². The molecular formula is C14H15N5. The van der Waals surface area contributed by atoms with Crippen LogP contribution in [0.2, 0.25) is 0 Å². The lowest BCUT2D eigenvalue weighted by molar-refractivity contribution is 1.20. The summed E-state index contributed by atoms with van der Waals surface area (Å²) in [5.74, 6) is 0.244. The lowest BCUT2D eigenvalue weighted by atomic mass is 9.97. The number of aryl methyl sites for hydroxylation is 3. The number of nitrogen functional groups attached to an aromatic ring is 1. The van der Waals surface area contributed by atoms with Gasteiger partial charge in [0, 0.05) is 5.56 Å². The molecule has 0 saturated carbocycles. The molecule has 0 radical (unpaired) electrons. The highest BCUT2D eigenvalue weighted by Gasteiger charge is 2.14. The van der Waals surface area contributed by atoms with E-state index in [4.69, 9.17) is 5.73 Å². The average molecular weight is 253 g/mol. The number of nitrogens with two attached hydrogens (primary N) is 1. The zero-order valence-corrected chi connectivity index (χ0v) is 11.2. The number of nitrogens with one attached hydrogen (secondary N) is 1. The Balaban J connectivity index is 2.39. The molecule has 0 amide bonds. The average Bonchev–Trinajstić information content (AvgIpc) is 2.75. The second-order valence-corrected chi connectivity index (χ2v) is 4.81. The molecule has 3 aromatic rings. The number of anilines is 1. The highest BCUT2D eigenvalue weighted by molar-refractivity contribution is 5.90. The van der Waals surface area contributed by atoms with E-state index in [1.54, 1.807) is 6.33 Å². The first-order chi connectivity index (χ1) is 9.06. The van der Waals surface area contributed by atoms with Gasteiger partial charge in [0.15, 0.2) is 5.65 Å². The van der Waals surface area contributed by atoms with Crippen molar-refractivity contribution in [3.63, 3.8) is 0 Å². The van der Waals surface area contributed by atoms with E-state index in [1.165, 1.54) is 16.7 Å². The Hall–Kier alpha value is -2.43. The highest BCUT2D eigenvalue weighted by Crippen LogP contribution is 2.31. The molecular weight excluding hydrogens is 238 g/mol. The maximum Gasteiger partial charge on any atom is 0.222 e. The molecule has 0 aliphatic rings. The third-order valence-corrected chi connectivity index (χ3v) is 3.22. The van der Waals surface area contributed by atoms with Crippen LogP contribution in [0.25, 0.3) is 22.4 Å². The van der Waals surface area contributed by atoms with Crippen LogP contribution >= 0.6 is 0 Å². The van der Waals surface area contributed by atoms with Crippen LogP contribution in [-0.2, 0) is 0 Å². The molecule has 0 spiro atoms. The monoisotopic (exact) mass is 253 g/mol. The van der Waals surface area contributed by atoms with Gasteiger partial charge in [-0.1, -0.05) is 17.7 Å². The number of hydrogen-bond donors (Lipinski definition) is 2. The number of aromatic nitrogens is 4. The van der Waals surface area contributed by atoms with Gasteiger partial charge in [-0.05, 0) is 31.9 Å². The smallest absolute Gasteiger partial charge is 0.222 e. The summed E-state index contributed by atoms with van der Waals surface area (Å²) >= 11 is 0. The first kappa shape index (κ1) is 11.6. The molecule has 2 aromatic heterocycles. The Morgan fingerprint density at radius 3 is 2.42 bits per heavy atom. The number of H-pyrrole nitrogens is 1. The van der Waals surface area contributed by atoms with E-state index in [9.17, 15) is 0 Å². The summed E-state index contributed by atoms with van der Waals surface area (Å²) in [7, 11) is 0. The summed E-state index contributed by atoms with van der Waals surface area (Å²) in [5.41, 5.74) is 12.7. The number of fused-ring (bicyclic) bond motifs is 1. The molecule has 0 aliphatic carbocycles. The molecule has 5 nitrogen and oxygen atoms in total. The molecule has 3 rings (SSSR count). The van der Waals surface area contributed by atoms with Crippen LogP contribution in [-0.4, -0.2) is 19.9 Å². The normalized spacial score (nSPS) is 11.1. The van der Waals surface area contributed by atoms with Gasteiger partial charge in [-0.2, -0.15) is 4.98 Å². The van der Waals surface area contributed by atoms with Crippen molar-refractivity contribution in [2.24, 2.45) is 0 Å². The predicted octanol–water partition coefficient (Wildman–Crippen LogP) is 2.53. The molecule has 0 unspecified atom stereocenters. The minimum Gasteiger partial charge on any atom is -0.368 e. The van der Waals surface area contributed by atoms with Crippen molar-refractivity contribution in [2.45, 2.75) is 20.8 Å². The molecule has 2 heterocycles. The minimum absolute atomic E-state index is 0.244. The molecule has 0 fully saturated rings.